The summed E-state index contributed by atoms with van der Waals surface area (Å²) in [4.78, 5) is 4.68. The number of hydrogen-bond donors (Lipinski definition) is 0. The number of pyridine rings is 1. The number of halogens is 3. The van der Waals surface area contributed by atoms with Gasteiger partial charge in [-0.25, -0.2) is 9.67 Å². The molecule has 7 heteroatoms. The number of benzene rings is 3. The van der Waals surface area contributed by atoms with Gasteiger partial charge in [-0.3, -0.25) is 0 Å². The normalized spacial score (nSPS) is 11.7. The van der Waals surface area contributed by atoms with Crippen LogP contribution < -0.4 is 4.74 Å². The van der Waals surface area contributed by atoms with Crippen molar-refractivity contribution in [3.8, 4) is 34.0 Å². The van der Waals surface area contributed by atoms with Crippen molar-refractivity contribution in [3.63, 3.8) is 0 Å². The van der Waals surface area contributed by atoms with Crippen molar-refractivity contribution < 1.29 is 17.9 Å². The minimum absolute atomic E-state index is 0.0441. The molecule has 0 saturated carbocycles. The summed E-state index contributed by atoms with van der Waals surface area (Å²) >= 11 is 0. The van der Waals surface area contributed by atoms with Crippen molar-refractivity contribution in [2.75, 3.05) is 7.11 Å². The van der Waals surface area contributed by atoms with E-state index in [1.54, 1.807) is 48.5 Å². The summed E-state index contributed by atoms with van der Waals surface area (Å²) in [5.41, 5.74) is 2.57. The standard InChI is InChI=1S/C27H20F3N3O/c1-17-8-10-18(11-9-17)23-16-22(27(28,29)30)24-25(19-12-14-21(34-2)15-13-19)32-33(26(24)31-23)20-6-4-3-5-7-20/h3-16H,1-2H3. The van der Waals surface area contributed by atoms with Crippen molar-refractivity contribution in [2.45, 2.75) is 13.1 Å². The van der Waals surface area contributed by atoms with Gasteiger partial charge in [-0.2, -0.15) is 18.3 Å². The Morgan fingerprint density at radius 3 is 2.09 bits per heavy atom. The lowest BCUT2D eigenvalue weighted by Crippen LogP contribution is -2.08. The summed E-state index contributed by atoms with van der Waals surface area (Å²) in [7, 11) is 1.53. The van der Waals surface area contributed by atoms with Gasteiger partial charge in [0.15, 0.2) is 5.65 Å². The molecule has 0 aliphatic heterocycles. The van der Waals surface area contributed by atoms with Gasteiger partial charge < -0.3 is 4.74 Å². The number of ether oxygens (including phenoxy) is 1. The van der Waals surface area contributed by atoms with E-state index in [0.29, 0.717) is 22.6 Å². The minimum Gasteiger partial charge on any atom is -0.497 e. The van der Waals surface area contributed by atoms with E-state index in [1.165, 1.54) is 11.8 Å². The number of hydrogen-bond acceptors (Lipinski definition) is 3. The highest BCUT2D eigenvalue weighted by Gasteiger charge is 2.36. The van der Waals surface area contributed by atoms with Gasteiger partial charge in [0, 0.05) is 11.1 Å². The average Bonchev–Trinajstić information content (AvgIpc) is 3.23. The molecule has 0 saturated heterocycles. The second-order valence-electron chi connectivity index (χ2n) is 7.94. The van der Waals surface area contributed by atoms with Crippen LogP contribution in [0.2, 0.25) is 0 Å². The average molecular weight is 459 g/mol. The predicted molar refractivity (Wildman–Crippen MR) is 126 cm³/mol. The molecule has 0 radical (unpaired) electrons. The monoisotopic (exact) mass is 459 g/mol. The number of aryl methyl sites for hydroxylation is 1. The quantitative estimate of drug-likeness (QED) is 0.288. The van der Waals surface area contributed by atoms with Gasteiger partial charge in [-0.05, 0) is 49.4 Å². The lowest BCUT2D eigenvalue weighted by Gasteiger charge is -2.12. The number of rotatable bonds is 4. The fraction of sp³-hybridized carbons (Fsp3) is 0.111. The smallest absolute Gasteiger partial charge is 0.417 e. The maximum absolute atomic E-state index is 14.4. The van der Waals surface area contributed by atoms with E-state index in [0.717, 1.165) is 11.6 Å². The Morgan fingerprint density at radius 2 is 1.47 bits per heavy atom. The Hall–Kier alpha value is -4.13. The molecule has 0 aliphatic rings. The summed E-state index contributed by atoms with van der Waals surface area (Å²) < 4.78 is 49.9. The highest BCUT2D eigenvalue weighted by Crippen LogP contribution is 2.41. The van der Waals surface area contributed by atoms with Gasteiger partial charge in [0.25, 0.3) is 0 Å². The molecule has 34 heavy (non-hydrogen) atoms. The zero-order valence-electron chi connectivity index (χ0n) is 18.5. The first-order chi connectivity index (χ1) is 16.3. The first-order valence-electron chi connectivity index (χ1n) is 10.6. The minimum atomic E-state index is -4.60. The molecule has 3 aromatic carbocycles. The Labute approximate surface area is 194 Å². The van der Waals surface area contributed by atoms with Crippen molar-refractivity contribution in [1.29, 1.82) is 0 Å². The number of para-hydroxylation sites is 1. The van der Waals surface area contributed by atoms with Crippen LogP contribution in [0.15, 0.2) is 84.9 Å². The van der Waals surface area contributed by atoms with Crippen LogP contribution in [0.5, 0.6) is 5.75 Å². The number of nitrogens with zero attached hydrogens (tertiary/aromatic N) is 3. The third-order valence-electron chi connectivity index (χ3n) is 5.65. The van der Waals surface area contributed by atoms with Crippen LogP contribution in [0.3, 0.4) is 0 Å². The summed E-state index contributed by atoms with van der Waals surface area (Å²) in [6.07, 6.45) is -4.60. The largest absolute Gasteiger partial charge is 0.497 e. The summed E-state index contributed by atoms with van der Waals surface area (Å²) in [5.74, 6) is 0.603. The molecule has 0 bridgehead atoms. The fourth-order valence-corrected chi connectivity index (χ4v) is 3.91. The first-order valence-corrected chi connectivity index (χ1v) is 10.6. The molecule has 0 atom stereocenters. The molecular formula is C27H20F3N3O. The molecule has 2 heterocycles. The molecule has 0 amide bonds. The molecule has 5 rings (SSSR count). The number of aromatic nitrogens is 3. The molecule has 170 valence electrons. The van der Waals surface area contributed by atoms with Crippen LogP contribution in [-0.4, -0.2) is 21.9 Å². The van der Waals surface area contributed by atoms with Crippen molar-refractivity contribution in [3.05, 3.63) is 96.1 Å². The Balaban J connectivity index is 1.86. The van der Waals surface area contributed by atoms with Crippen LogP contribution in [-0.2, 0) is 6.18 Å². The van der Waals surface area contributed by atoms with Crippen LogP contribution in [0, 0.1) is 6.92 Å². The molecule has 0 aliphatic carbocycles. The van der Waals surface area contributed by atoms with Gasteiger partial charge in [0.1, 0.15) is 11.4 Å². The summed E-state index contributed by atoms with van der Waals surface area (Å²) in [6, 6.07) is 24.2. The first kappa shape index (κ1) is 21.7. The van der Waals surface area contributed by atoms with E-state index in [2.05, 4.69) is 10.1 Å². The van der Waals surface area contributed by atoms with Gasteiger partial charge in [-0.1, -0.05) is 48.0 Å². The van der Waals surface area contributed by atoms with Crippen molar-refractivity contribution >= 4 is 11.0 Å². The Morgan fingerprint density at radius 1 is 0.824 bits per heavy atom. The highest BCUT2D eigenvalue weighted by molar-refractivity contribution is 5.96. The number of alkyl halides is 3. The second kappa shape index (κ2) is 8.33. The number of fused-ring (bicyclic) bond motifs is 1. The van der Waals surface area contributed by atoms with Crippen molar-refractivity contribution in [1.82, 2.24) is 14.8 Å². The fourth-order valence-electron chi connectivity index (χ4n) is 3.91. The topological polar surface area (TPSA) is 39.9 Å². The van der Waals surface area contributed by atoms with Gasteiger partial charge >= 0.3 is 6.18 Å². The SMILES string of the molecule is COc1ccc(-c2nn(-c3ccccc3)c3nc(-c4ccc(C)cc4)cc(C(F)(F)F)c23)cc1. The van der Waals surface area contributed by atoms with Gasteiger partial charge in [0.2, 0.25) is 0 Å². The molecule has 0 fully saturated rings. The van der Waals surface area contributed by atoms with E-state index in [1.807, 2.05) is 37.3 Å². The van der Waals surface area contributed by atoms with E-state index < -0.39 is 11.7 Å². The maximum Gasteiger partial charge on any atom is 0.417 e. The third-order valence-corrected chi connectivity index (χ3v) is 5.65. The lowest BCUT2D eigenvalue weighted by atomic mass is 10.0. The number of methoxy groups -OCH3 is 1. The molecule has 4 nitrogen and oxygen atoms in total. The molecule has 0 unspecified atom stereocenters. The molecule has 5 aromatic rings. The lowest BCUT2D eigenvalue weighted by molar-refractivity contribution is -0.136. The van der Waals surface area contributed by atoms with E-state index in [4.69, 9.17) is 4.74 Å². The second-order valence-corrected chi connectivity index (χ2v) is 7.94. The summed E-state index contributed by atoms with van der Waals surface area (Å²) in [6.45, 7) is 1.92. The zero-order valence-corrected chi connectivity index (χ0v) is 18.5. The van der Waals surface area contributed by atoms with Crippen LogP contribution >= 0.6 is 0 Å². The van der Waals surface area contributed by atoms with Gasteiger partial charge in [-0.15, -0.1) is 0 Å². The Kier molecular flexibility index (Phi) is 5.32. The van der Waals surface area contributed by atoms with Gasteiger partial charge in [0.05, 0.1) is 29.4 Å². The molecule has 2 aromatic heterocycles. The molecular weight excluding hydrogens is 439 g/mol. The summed E-state index contributed by atoms with van der Waals surface area (Å²) in [5, 5.41) is 4.58. The highest BCUT2D eigenvalue weighted by atomic mass is 19.4. The van der Waals surface area contributed by atoms with E-state index in [9.17, 15) is 13.2 Å². The van der Waals surface area contributed by atoms with Crippen molar-refractivity contribution in [2.24, 2.45) is 0 Å². The third kappa shape index (κ3) is 3.90. The van der Waals surface area contributed by atoms with Crippen LogP contribution in [0.1, 0.15) is 11.1 Å². The van der Waals surface area contributed by atoms with E-state index >= 15 is 0 Å². The zero-order chi connectivity index (χ0) is 23.9. The molecule has 0 spiro atoms. The maximum atomic E-state index is 14.4. The van der Waals surface area contributed by atoms with Crippen LogP contribution in [0.25, 0.3) is 39.2 Å². The Bertz CT molecular complexity index is 1460. The molecule has 0 N–H and O–H groups in total. The van der Waals surface area contributed by atoms with Crippen LogP contribution in [0.4, 0.5) is 13.2 Å². The van der Waals surface area contributed by atoms with E-state index in [-0.39, 0.29) is 22.4 Å². The predicted octanol–water partition coefficient (Wildman–Crippen LogP) is 7.09.